The fourth-order valence-corrected chi connectivity index (χ4v) is 2.12. The molecule has 0 heterocycles. The van der Waals surface area contributed by atoms with Crippen LogP contribution in [0.25, 0.3) is 6.08 Å². The molecule has 1 rings (SSSR count). The van der Waals surface area contributed by atoms with Gasteiger partial charge in [0.1, 0.15) is 0 Å². The molecule has 0 bridgehead atoms. The third-order valence-corrected chi connectivity index (χ3v) is 3.06. The smallest absolute Gasteiger partial charge is 0.237 e. The zero-order valence-electron chi connectivity index (χ0n) is 11.8. The number of allylic oxidation sites excluding steroid dienone is 1. The van der Waals surface area contributed by atoms with Crippen LogP contribution in [-0.2, 0) is 4.79 Å². The van der Waals surface area contributed by atoms with Crippen molar-refractivity contribution in [2.45, 2.75) is 33.1 Å². The highest BCUT2D eigenvalue weighted by Gasteiger charge is 2.17. The van der Waals surface area contributed by atoms with Crippen LogP contribution in [0, 0.1) is 11.8 Å². The van der Waals surface area contributed by atoms with Crippen LogP contribution >= 0.6 is 0 Å². The molecule has 0 saturated carbocycles. The summed E-state index contributed by atoms with van der Waals surface area (Å²) < 4.78 is 0. The van der Waals surface area contributed by atoms with Gasteiger partial charge >= 0.3 is 0 Å². The number of nitrogens with two attached hydrogens (primary N) is 1. The average Bonchev–Trinajstić information content (AvgIpc) is 2.42. The molecule has 3 nitrogen and oxygen atoms in total. The average molecular weight is 260 g/mol. The predicted molar refractivity (Wildman–Crippen MR) is 80.0 cm³/mol. The molecule has 3 heteroatoms. The van der Waals surface area contributed by atoms with Crippen molar-refractivity contribution in [3.05, 3.63) is 42.0 Å². The van der Waals surface area contributed by atoms with E-state index in [2.05, 4.69) is 43.6 Å². The van der Waals surface area contributed by atoms with E-state index in [1.807, 2.05) is 18.2 Å². The van der Waals surface area contributed by atoms with Gasteiger partial charge in [-0.1, -0.05) is 56.3 Å². The molecule has 1 aromatic carbocycles. The lowest BCUT2D eigenvalue weighted by atomic mass is 9.92. The van der Waals surface area contributed by atoms with E-state index < -0.39 is 0 Å². The number of carbonyl (C=O) groups is 1. The summed E-state index contributed by atoms with van der Waals surface area (Å²) in [6, 6.07) is 10.2. The SMILES string of the molecule is CC(C)CC(CCC=Cc1ccccc1)C(=O)NN. The van der Waals surface area contributed by atoms with Crippen molar-refractivity contribution in [3.63, 3.8) is 0 Å². The second kappa shape index (κ2) is 8.48. The Hall–Kier alpha value is -1.61. The molecule has 0 aliphatic carbocycles. The van der Waals surface area contributed by atoms with E-state index in [0.717, 1.165) is 19.3 Å². The van der Waals surface area contributed by atoms with E-state index in [1.54, 1.807) is 0 Å². The number of amides is 1. The first-order valence-electron chi connectivity index (χ1n) is 6.85. The van der Waals surface area contributed by atoms with Gasteiger partial charge in [0.15, 0.2) is 0 Å². The van der Waals surface area contributed by atoms with Gasteiger partial charge in [0.05, 0.1) is 0 Å². The normalized spacial score (nSPS) is 12.8. The van der Waals surface area contributed by atoms with E-state index >= 15 is 0 Å². The first-order valence-corrected chi connectivity index (χ1v) is 6.85. The van der Waals surface area contributed by atoms with Crippen molar-refractivity contribution in [3.8, 4) is 0 Å². The highest BCUT2D eigenvalue weighted by atomic mass is 16.2. The van der Waals surface area contributed by atoms with Gasteiger partial charge in [0, 0.05) is 5.92 Å². The maximum absolute atomic E-state index is 11.7. The molecule has 104 valence electrons. The highest BCUT2D eigenvalue weighted by molar-refractivity contribution is 5.77. The van der Waals surface area contributed by atoms with Crippen LogP contribution in [0.2, 0.25) is 0 Å². The molecule has 0 aliphatic rings. The van der Waals surface area contributed by atoms with Crippen molar-refractivity contribution in [2.75, 3.05) is 0 Å². The lowest BCUT2D eigenvalue weighted by Crippen LogP contribution is -2.36. The summed E-state index contributed by atoms with van der Waals surface area (Å²) in [4.78, 5) is 11.7. The minimum Gasteiger partial charge on any atom is -0.294 e. The molecule has 1 amide bonds. The zero-order chi connectivity index (χ0) is 14.1. The fourth-order valence-electron chi connectivity index (χ4n) is 2.12. The second-order valence-electron chi connectivity index (χ2n) is 5.23. The number of rotatable bonds is 7. The monoisotopic (exact) mass is 260 g/mol. The molecular weight excluding hydrogens is 236 g/mol. The molecule has 1 unspecified atom stereocenters. The van der Waals surface area contributed by atoms with Crippen molar-refractivity contribution in [1.82, 2.24) is 5.43 Å². The summed E-state index contributed by atoms with van der Waals surface area (Å²) in [7, 11) is 0. The Balaban J connectivity index is 2.43. The van der Waals surface area contributed by atoms with Gasteiger partial charge in [-0.3, -0.25) is 10.2 Å². The van der Waals surface area contributed by atoms with Gasteiger partial charge in [-0.25, -0.2) is 5.84 Å². The molecule has 0 spiro atoms. The fraction of sp³-hybridized carbons (Fsp3) is 0.438. The standard InChI is InChI=1S/C16H24N2O/c1-13(2)12-15(16(19)18-17)11-7-6-10-14-8-4-3-5-9-14/h3-6,8-10,13,15H,7,11-12,17H2,1-2H3,(H,18,19). The Morgan fingerprint density at radius 2 is 2.00 bits per heavy atom. The molecule has 0 aliphatic heterocycles. The number of benzene rings is 1. The van der Waals surface area contributed by atoms with Gasteiger partial charge in [-0.15, -0.1) is 0 Å². The Morgan fingerprint density at radius 1 is 1.32 bits per heavy atom. The molecule has 3 N–H and O–H groups in total. The Bertz CT molecular complexity index is 398. The first-order chi connectivity index (χ1) is 9.13. The number of hydrogen-bond acceptors (Lipinski definition) is 2. The van der Waals surface area contributed by atoms with Crippen LogP contribution in [0.15, 0.2) is 36.4 Å². The Labute approximate surface area is 115 Å². The number of hydrazine groups is 1. The highest BCUT2D eigenvalue weighted by Crippen LogP contribution is 2.18. The van der Waals surface area contributed by atoms with Crippen LogP contribution < -0.4 is 11.3 Å². The minimum absolute atomic E-state index is 0.00502. The predicted octanol–water partition coefficient (Wildman–Crippen LogP) is 3.13. The number of carbonyl (C=O) groups excluding carboxylic acids is 1. The molecule has 0 fully saturated rings. The lowest BCUT2D eigenvalue weighted by molar-refractivity contribution is -0.125. The van der Waals surface area contributed by atoms with E-state index in [1.165, 1.54) is 5.56 Å². The van der Waals surface area contributed by atoms with Gasteiger partial charge in [0.25, 0.3) is 0 Å². The van der Waals surface area contributed by atoms with Crippen LogP contribution in [0.5, 0.6) is 0 Å². The van der Waals surface area contributed by atoms with Gasteiger partial charge < -0.3 is 0 Å². The lowest BCUT2D eigenvalue weighted by Gasteiger charge is -2.16. The quantitative estimate of drug-likeness (QED) is 0.449. The maximum atomic E-state index is 11.7. The van der Waals surface area contributed by atoms with E-state index in [0.29, 0.717) is 5.92 Å². The third kappa shape index (κ3) is 6.20. The maximum Gasteiger partial charge on any atom is 0.237 e. The third-order valence-electron chi connectivity index (χ3n) is 3.06. The van der Waals surface area contributed by atoms with Crippen molar-refractivity contribution in [1.29, 1.82) is 0 Å². The summed E-state index contributed by atoms with van der Waals surface area (Å²) in [6.45, 7) is 4.24. The summed E-state index contributed by atoms with van der Waals surface area (Å²) >= 11 is 0. The van der Waals surface area contributed by atoms with Crippen LogP contribution in [-0.4, -0.2) is 5.91 Å². The number of hydrogen-bond donors (Lipinski definition) is 2. The first kappa shape index (κ1) is 15.4. The Kier molecular flexibility index (Phi) is 6.90. The number of nitrogens with one attached hydrogen (secondary N) is 1. The molecule has 0 saturated heterocycles. The van der Waals surface area contributed by atoms with E-state index in [9.17, 15) is 4.79 Å². The second-order valence-corrected chi connectivity index (χ2v) is 5.23. The molecule has 0 radical (unpaired) electrons. The molecule has 1 atom stereocenters. The topological polar surface area (TPSA) is 55.1 Å². The van der Waals surface area contributed by atoms with E-state index in [-0.39, 0.29) is 11.8 Å². The van der Waals surface area contributed by atoms with Crippen LogP contribution in [0.1, 0.15) is 38.7 Å². The molecular formula is C16H24N2O. The van der Waals surface area contributed by atoms with Gasteiger partial charge in [0.2, 0.25) is 5.91 Å². The van der Waals surface area contributed by atoms with Crippen molar-refractivity contribution in [2.24, 2.45) is 17.7 Å². The molecule has 19 heavy (non-hydrogen) atoms. The summed E-state index contributed by atoms with van der Waals surface area (Å²) in [5, 5.41) is 0. The minimum atomic E-state index is -0.0539. The van der Waals surface area contributed by atoms with Crippen molar-refractivity contribution < 1.29 is 4.79 Å². The molecule has 0 aromatic heterocycles. The summed E-state index contributed by atoms with van der Waals surface area (Å²) in [5.41, 5.74) is 3.45. The van der Waals surface area contributed by atoms with E-state index in [4.69, 9.17) is 5.84 Å². The molecule has 1 aromatic rings. The zero-order valence-corrected chi connectivity index (χ0v) is 11.8. The summed E-state index contributed by atoms with van der Waals surface area (Å²) in [5.74, 6) is 5.68. The van der Waals surface area contributed by atoms with Crippen LogP contribution in [0.4, 0.5) is 0 Å². The van der Waals surface area contributed by atoms with Gasteiger partial charge in [-0.2, -0.15) is 0 Å². The largest absolute Gasteiger partial charge is 0.294 e. The Morgan fingerprint density at radius 3 is 2.58 bits per heavy atom. The van der Waals surface area contributed by atoms with Crippen LogP contribution in [0.3, 0.4) is 0 Å². The summed E-state index contributed by atoms with van der Waals surface area (Å²) in [6.07, 6.45) is 6.81. The van der Waals surface area contributed by atoms with Crippen molar-refractivity contribution >= 4 is 12.0 Å². The van der Waals surface area contributed by atoms with Gasteiger partial charge in [-0.05, 0) is 30.7 Å².